The predicted molar refractivity (Wildman–Crippen MR) is 55.4 cm³/mol. The highest BCUT2D eigenvalue weighted by atomic mass is 79.9. The molecule has 0 aliphatic carbocycles. The van der Waals surface area contributed by atoms with Crippen molar-refractivity contribution in [1.29, 1.82) is 0 Å². The first-order chi connectivity index (χ1) is 6.54. The van der Waals surface area contributed by atoms with Gasteiger partial charge in [0.1, 0.15) is 5.82 Å². The van der Waals surface area contributed by atoms with E-state index in [0.717, 1.165) is 0 Å². The molecule has 0 aliphatic rings. The van der Waals surface area contributed by atoms with Gasteiger partial charge in [0.15, 0.2) is 0 Å². The molecule has 14 heavy (non-hydrogen) atoms. The van der Waals surface area contributed by atoms with E-state index in [9.17, 15) is 9.18 Å². The lowest BCUT2D eigenvalue weighted by atomic mass is 10.1. The van der Waals surface area contributed by atoms with Gasteiger partial charge in [0.05, 0.1) is 6.42 Å². The van der Waals surface area contributed by atoms with Crippen LogP contribution in [0.25, 0.3) is 0 Å². The Morgan fingerprint density at radius 2 is 2.21 bits per heavy atom. The van der Waals surface area contributed by atoms with Crippen molar-refractivity contribution in [3.8, 4) is 0 Å². The molecule has 1 aromatic carbocycles. The summed E-state index contributed by atoms with van der Waals surface area (Å²) in [6.07, 6.45) is -0.224. The van der Waals surface area contributed by atoms with Crippen LogP contribution in [0.4, 0.5) is 4.39 Å². The van der Waals surface area contributed by atoms with Crippen molar-refractivity contribution in [2.45, 2.75) is 11.8 Å². The first-order valence-electron chi connectivity index (χ1n) is 3.79. The normalized spacial score (nSPS) is 10.2. The molecule has 0 saturated carbocycles. The van der Waals surface area contributed by atoms with Crippen LogP contribution in [-0.4, -0.2) is 11.1 Å². The Bertz CT molecular complexity index is 368. The van der Waals surface area contributed by atoms with E-state index in [2.05, 4.69) is 15.9 Å². The fraction of sp³-hybridized carbons (Fsp3) is 0.222. The fourth-order valence-electron chi connectivity index (χ4n) is 1.13. The molecule has 76 valence electrons. The summed E-state index contributed by atoms with van der Waals surface area (Å²) in [7, 11) is 0. The smallest absolute Gasteiger partial charge is 0.307 e. The van der Waals surface area contributed by atoms with Gasteiger partial charge < -0.3 is 5.11 Å². The van der Waals surface area contributed by atoms with Crippen molar-refractivity contribution in [1.82, 2.24) is 0 Å². The maximum Gasteiger partial charge on any atom is 0.307 e. The maximum atomic E-state index is 12.9. The number of carboxylic acid groups (broad SMARTS) is 1. The third-order valence-electron chi connectivity index (χ3n) is 1.73. The van der Waals surface area contributed by atoms with Crippen LogP contribution in [-0.2, 0) is 16.5 Å². The Hall–Kier alpha value is -0.610. The number of hydrogen-bond acceptors (Lipinski definition) is 1. The summed E-state index contributed by atoms with van der Waals surface area (Å²) in [5.41, 5.74) is 1.02. The van der Waals surface area contributed by atoms with E-state index in [0.29, 0.717) is 16.5 Å². The first kappa shape index (κ1) is 11.5. The van der Waals surface area contributed by atoms with Crippen LogP contribution in [0.3, 0.4) is 0 Å². The van der Waals surface area contributed by atoms with E-state index < -0.39 is 11.8 Å². The van der Waals surface area contributed by atoms with E-state index in [1.165, 1.54) is 12.1 Å². The molecule has 0 aliphatic heterocycles. The molecule has 1 N–H and O–H groups in total. The van der Waals surface area contributed by atoms with Crippen LogP contribution in [0.15, 0.2) is 12.1 Å². The molecule has 0 radical (unpaired) electrons. The molecule has 1 aromatic rings. The van der Waals surface area contributed by atoms with Crippen LogP contribution >= 0.6 is 27.5 Å². The largest absolute Gasteiger partial charge is 0.481 e. The summed E-state index contributed by atoms with van der Waals surface area (Å²) >= 11 is 8.93. The van der Waals surface area contributed by atoms with Crippen LogP contribution in [0.1, 0.15) is 11.1 Å². The second kappa shape index (κ2) is 4.75. The van der Waals surface area contributed by atoms with Crippen molar-refractivity contribution in [2.24, 2.45) is 0 Å². The molecule has 0 unspecified atom stereocenters. The summed E-state index contributed by atoms with van der Waals surface area (Å²) in [6, 6.07) is 2.36. The fourth-order valence-corrected chi connectivity index (χ4v) is 2.24. The lowest BCUT2D eigenvalue weighted by Gasteiger charge is -2.07. The highest BCUT2D eigenvalue weighted by Gasteiger charge is 2.11. The molecule has 0 saturated heterocycles. The molecule has 5 heteroatoms. The molecule has 2 nitrogen and oxygen atoms in total. The summed E-state index contributed by atoms with van der Waals surface area (Å²) in [4.78, 5) is 10.5. The molecule has 0 amide bonds. The van der Waals surface area contributed by atoms with Gasteiger partial charge in [-0.05, 0) is 23.3 Å². The monoisotopic (exact) mass is 280 g/mol. The van der Waals surface area contributed by atoms with Crippen molar-refractivity contribution in [3.63, 3.8) is 0 Å². The molecule has 0 heterocycles. The standard InChI is InChI=1S/C9H7BrClFO2/c10-4-7-5(2-9(13)14)1-6(12)3-8(7)11/h1,3H,2,4H2,(H,13,14). The first-order valence-corrected chi connectivity index (χ1v) is 5.29. The SMILES string of the molecule is O=C(O)Cc1cc(F)cc(Cl)c1CBr. The van der Waals surface area contributed by atoms with E-state index in [1.807, 2.05) is 0 Å². The molecular weight excluding hydrogens is 274 g/mol. The third-order valence-corrected chi connectivity index (χ3v) is 2.63. The average molecular weight is 282 g/mol. The zero-order valence-corrected chi connectivity index (χ0v) is 9.40. The Morgan fingerprint density at radius 3 is 2.71 bits per heavy atom. The number of halogens is 3. The van der Waals surface area contributed by atoms with E-state index >= 15 is 0 Å². The predicted octanol–water partition coefficient (Wildman–Crippen LogP) is 3.00. The van der Waals surface area contributed by atoms with Gasteiger partial charge in [-0.25, -0.2) is 4.39 Å². The zero-order valence-electron chi connectivity index (χ0n) is 7.06. The minimum atomic E-state index is -1.01. The Kier molecular flexibility index (Phi) is 3.89. The molecule has 0 bridgehead atoms. The maximum absolute atomic E-state index is 12.9. The highest BCUT2D eigenvalue weighted by molar-refractivity contribution is 9.08. The Labute approximate surface area is 93.8 Å². The van der Waals surface area contributed by atoms with Crippen LogP contribution in [0.5, 0.6) is 0 Å². The van der Waals surface area contributed by atoms with E-state index in [4.69, 9.17) is 16.7 Å². The van der Waals surface area contributed by atoms with Crippen LogP contribution in [0.2, 0.25) is 5.02 Å². The minimum Gasteiger partial charge on any atom is -0.481 e. The topological polar surface area (TPSA) is 37.3 Å². The van der Waals surface area contributed by atoms with Crippen LogP contribution < -0.4 is 0 Å². The number of carboxylic acids is 1. The number of alkyl halides is 1. The Morgan fingerprint density at radius 1 is 1.57 bits per heavy atom. The number of hydrogen-bond donors (Lipinski definition) is 1. The van der Waals surface area contributed by atoms with Gasteiger partial charge in [-0.15, -0.1) is 0 Å². The van der Waals surface area contributed by atoms with Gasteiger partial charge in [0.25, 0.3) is 0 Å². The second-order valence-electron chi connectivity index (χ2n) is 2.73. The molecule has 0 atom stereocenters. The van der Waals surface area contributed by atoms with Gasteiger partial charge in [-0.1, -0.05) is 27.5 Å². The van der Waals surface area contributed by atoms with Crippen molar-refractivity contribution in [3.05, 3.63) is 34.1 Å². The lowest BCUT2D eigenvalue weighted by molar-refractivity contribution is -0.136. The molecule has 1 rings (SSSR count). The van der Waals surface area contributed by atoms with Crippen molar-refractivity contribution in [2.75, 3.05) is 0 Å². The minimum absolute atomic E-state index is 0.224. The van der Waals surface area contributed by atoms with Gasteiger partial charge in [0.2, 0.25) is 0 Å². The summed E-state index contributed by atoms with van der Waals surface area (Å²) in [6.45, 7) is 0. The summed E-state index contributed by atoms with van der Waals surface area (Å²) < 4.78 is 12.9. The molecular formula is C9H7BrClFO2. The second-order valence-corrected chi connectivity index (χ2v) is 3.70. The van der Waals surface area contributed by atoms with Gasteiger partial charge in [-0.2, -0.15) is 0 Å². The quantitative estimate of drug-likeness (QED) is 0.865. The van der Waals surface area contributed by atoms with E-state index in [1.54, 1.807) is 0 Å². The van der Waals surface area contributed by atoms with Gasteiger partial charge in [-0.3, -0.25) is 4.79 Å². The molecule has 0 spiro atoms. The number of benzene rings is 1. The highest BCUT2D eigenvalue weighted by Crippen LogP contribution is 2.24. The molecule has 0 aromatic heterocycles. The number of carbonyl (C=O) groups is 1. The van der Waals surface area contributed by atoms with E-state index in [-0.39, 0.29) is 11.4 Å². The Balaban J connectivity index is 3.17. The van der Waals surface area contributed by atoms with Gasteiger partial charge >= 0.3 is 5.97 Å². The van der Waals surface area contributed by atoms with Crippen molar-refractivity contribution < 1.29 is 14.3 Å². The number of aliphatic carboxylic acids is 1. The molecule has 0 fully saturated rings. The lowest BCUT2D eigenvalue weighted by Crippen LogP contribution is -2.04. The van der Waals surface area contributed by atoms with Crippen molar-refractivity contribution >= 4 is 33.5 Å². The number of rotatable bonds is 3. The summed E-state index contributed by atoms with van der Waals surface area (Å²) in [5, 5.41) is 9.25. The third kappa shape index (κ3) is 2.69. The van der Waals surface area contributed by atoms with Gasteiger partial charge in [0, 0.05) is 10.4 Å². The van der Waals surface area contributed by atoms with Crippen LogP contribution in [0, 0.1) is 5.82 Å². The zero-order chi connectivity index (χ0) is 10.7. The average Bonchev–Trinajstić information content (AvgIpc) is 2.01. The summed E-state index contributed by atoms with van der Waals surface area (Å²) in [5.74, 6) is -1.52.